The average Bonchev–Trinajstić information content (AvgIpc) is 2.54. The molecule has 1 aliphatic carbocycles. The molecule has 102 valence electrons. The van der Waals surface area contributed by atoms with Crippen LogP contribution in [0.3, 0.4) is 0 Å². The van der Waals surface area contributed by atoms with E-state index in [1.165, 1.54) is 11.5 Å². The Labute approximate surface area is 113 Å². The lowest BCUT2D eigenvalue weighted by Gasteiger charge is -2.12. The van der Waals surface area contributed by atoms with Gasteiger partial charge in [0.05, 0.1) is 6.10 Å². The molecule has 0 unspecified atom stereocenters. The first kappa shape index (κ1) is 13.5. The van der Waals surface area contributed by atoms with Crippen LogP contribution in [0.1, 0.15) is 41.5 Å². The molecule has 1 aromatic rings. The van der Waals surface area contributed by atoms with Gasteiger partial charge in [-0.25, -0.2) is 0 Å². The van der Waals surface area contributed by atoms with Gasteiger partial charge in [-0.2, -0.15) is 4.37 Å². The van der Waals surface area contributed by atoms with Crippen LogP contribution >= 0.6 is 11.5 Å². The number of hydrogen-bond acceptors (Lipinski definition) is 5. The van der Waals surface area contributed by atoms with Gasteiger partial charge in [-0.15, -0.1) is 0 Å². The minimum atomic E-state index is 0.101. The second-order valence-corrected chi connectivity index (χ2v) is 7.19. The van der Waals surface area contributed by atoms with Crippen LogP contribution in [-0.4, -0.2) is 16.5 Å². The zero-order chi connectivity index (χ0) is 13.7. The number of nitrogen functional groups attached to an aromatic ring is 1. The molecule has 0 atom stereocenters. The summed E-state index contributed by atoms with van der Waals surface area (Å²) >= 11 is 1.38. The van der Waals surface area contributed by atoms with Crippen molar-refractivity contribution in [1.82, 2.24) is 4.37 Å². The van der Waals surface area contributed by atoms with E-state index in [1.54, 1.807) is 0 Å². The van der Waals surface area contributed by atoms with Crippen LogP contribution in [0.2, 0.25) is 0 Å². The number of nitrogens with one attached hydrogen (secondary N) is 1. The molecular formula is C13H23N3OS. The molecule has 0 bridgehead atoms. The van der Waals surface area contributed by atoms with E-state index in [1.807, 2.05) is 13.8 Å². The molecule has 0 spiro atoms. The smallest absolute Gasteiger partial charge is 0.197 e. The highest BCUT2D eigenvalue weighted by Gasteiger charge is 2.65. The summed E-state index contributed by atoms with van der Waals surface area (Å²) < 4.78 is 9.92. The van der Waals surface area contributed by atoms with Crippen LogP contribution in [-0.2, 0) is 0 Å². The molecule has 0 radical (unpaired) electrons. The Hall–Kier alpha value is -0.970. The third-order valence-electron chi connectivity index (χ3n) is 4.32. The molecule has 2 rings (SSSR count). The normalized spacial score (nSPS) is 21.1. The van der Waals surface area contributed by atoms with Crippen LogP contribution in [0.5, 0.6) is 5.75 Å². The Morgan fingerprint density at radius 1 is 1.28 bits per heavy atom. The van der Waals surface area contributed by atoms with Gasteiger partial charge in [0.1, 0.15) is 0 Å². The SMILES string of the molecule is CC(C)Oc1c(N)nsc1NC1C(C)(C)C1(C)C. The topological polar surface area (TPSA) is 60.2 Å². The maximum atomic E-state index is 5.86. The van der Waals surface area contributed by atoms with Gasteiger partial charge >= 0.3 is 0 Å². The Balaban J connectivity index is 2.17. The lowest BCUT2D eigenvalue weighted by molar-refractivity contribution is 0.245. The number of rotatable bonds is 4. The van der Waals surface area contributed by atoms with E-state index in [2.05, 4.69) is 37.4 Å². The summed E-state index contributed by atoms with van der Waals surface area (Å²) in [5, 5.41) is 4.49. The van der Waals surface area contributed by atoms with Crippen LogP contribution in [0.15, 0.2) is 0 Å². The predicted molar refractivity (Wildman–Crippen MR) is 77.3 cm³/mol. The number of anilines is 2. The highest BCUT2D eigenvalue weighted by molar-refractivity contribution is 7.11. The first-order valence-corrected chi connectivity index (χ1v) is 7.13. The third-order valence-corrected chi connectivity index (χ3v) is 5.10. The van der Waals surface area contributed by atoms with Gasteiger partial charge in [0.15, 0.2) is 16.6 Å². The van der Waals surface area contributed by atoms with Crippen LogP contribution in [0, 0.1) is 10.8 Å². The molecule has 18 heavy (non-hydrogen) atoms. The number of nitrogens with zero attached hydrogens (tertiary/aromatic N) is 1. The van der Waals surface area contributed by atoms with E-state index in [-0.39, 0.29) is 16.9 Å². The highest BCUT2D eigenvalue weighted by atomic mass is 32.1. The molecule has 0 aromatic carbocycles. The van der Waals surface area contributed by atoms with Crippen molar-refractivity contribution in [2.24, 2.45) is 10.8 Å². The average molecular weight is 269 g/mol. The molecule has 1 heterocycles. The van der Waals surface area contributed by atoms with Crippen LogP contribution in [0.4, 0.5) is 10.8 Å². The minimum Gasteiger partial charge on any atom is -0.484 e. The third kappa shape index (κ3) is 1.94. The van der Waals surface area contributed by atoms with Gasteiger partial charge in [0, 0.05) is 6.04 Å². The zero-order valence-corrected chi connectivity index (χ0v) is 12.8. The molecule has 0 amide bonds. The zero-order valence-electron chi connectivity index (χ0n) is 12.0. The summed E-state index contributed by atoms with van der Waals surface area (Å²) in [5.41, 5.74) is 6.41. The fourth-order valence-corrected chi connectivity index (χ4v) is 3.10. The van der Waals surface area contributed by atoms with Crippen molar-refractivity contribution >= 4 is 22.4 Å². The molecule has 4 nitrogen and oxygen atoms in total. The van der Waals surface area contributed by atoms with E-state index in [9.17, 15) is 0 Å². The molecule has 1 aliphatic rings. The van der Waals surface area contributed by atoms with Gasteiger partial charge in [0.2, 0.25) is 0 Å². The van der Waals surface area contributed by atoms with Gasteiger partial charge < -0.3 is 15.8 Å². The molecular weight excluding hydrogens is 246 g/mol. The van der Waals surface area contributed by atoms with Crippen molar-refractivity contribution in [2.75, 3.05) is 11.1 Å². The summed E-state index contributed by atoms with van der Waals surface area (Å²) in [4.78, 5) is 0. The lowest BCUT2D eigenvalue weighted by Crippen LogP contribution is -2.12. The first-order chi connectivity index (χ1) is 8.18. The summed E-state index contributed by atoms with van der Waals surface area (Å²) in [6, 6.07) is 0.430. The maximum absolute atomic E-state index is 5.86. The molecule has 0 aliphatic heterocycles. The predicted octanol–water partition coefficient (Wildman–Crippen LogP) is 3.36. The monoisotopic (exact) mass is 269 g/mol. The summed E-state index contributed by atoms with van der Waals surface area (Å²) in [6.07, 6.45) is 0.101. The largest absolute Gasteiger partial charge is 0.484 e. The Morgan fingerprint density at radius 2 is 1.83 bits per heavy atom. The maximum Gasteiger partial charge on any atom is 0.197 e. The number of ether oxygens (including phenoxy) is 1. The fraction of sp³-hybridized carbons (Fsp3) is 0.769. The first-order valence-electron chi connectivity index (χ1n) is 6.36. The number of hydrogen-bond donors (Lipinski definition) is 2. The van der Waals surface area contributed by atoms with Gasteiger partial charge in [-0.1, -0.05) is 27.7 Å². The standard InChI is InChI=1S/C13H23N3OS/c1-7(2)17-8-9(14)16-18-10(8)15-11-12(3,4)13(11,5)6/h7,11,15H,1-6H3,(H2,14,16). The summed E-state index contributed by atoms with van der Waals surface area (Å²) in [7, 11) is 0. The van der Waals surface area contributed by atoms with Crippen molar-refractivity contribution < 1.29 is 4.74 Å². The van der Waals surface area contributed by atoms with Crippen molar-refractivity contribution in [3.05, 3.63) is 0 Å². The van der Waals surface area contributed by atoms with E-state index in [0.717, 1.165) is 5.00 Å². The van der Waals surface area contributed by atoms with Crippen molar-refractivity contribution in [3.8, 4) is 5.75 Å². The van der Waals surface area contributed by atoms with E-state index in [0.29, 0.717) is 17.6 Å². The van der Waals surface area contributed by atoms with Gasteiger partial charge in [-0.05, 0) is 36.2 Å². The summed E-state index contributed by atoms with van der Waals surface area (Å²) in [6.45, 7) is 13.1. The van der Waals surface area contributed by atoms with Gasteiger partial charge in [0.25, 0.3) is 0 Å². The molecule has 1 saturated carbocycles. The fourth-order valence-electron chi connectivity index (χ4n) is 2.42. The molecule has 1 aromatic heterocycles. The van der Waals surface area contributed by atoms with E-state index >= 15 is 0 Å². The van der Waals surface area contributed by atoms with E-state index < -0.39 is 0 Å². The second-order valence-electron chi connectivity index (χ2n) is 6.41. The van der Waals surface area contributed by atoms with Crippen molar-refractivity contribution in [1.29, 1.82) is 0 Å². The van der Waals surface area contributed by atoms with E-state index in [4.69, 9.17) is 10.5 Å². The molecule has 3 N–H and O–H groups in total. The quantitative estimate of drug-likeness (QED) is 0.880. The van der Waals surface area contributed by atoms with Crippen LogP contribution < -0.4 is 15.8 Å². The Morgan fingerprint density at radius 3 is 2.28 bits per heavy atom. The summed E-state index contributed by atoms with van der Waals surface area (Å²) in [5.74, 6) is 1.18. The van der Waals surface area contributed by atoms with Crippen molar-refractivity contribution in [3.63, 3.8) is 0 Å². The van der Waals surface area contributed by atoms with Crippen molar-refractivity contribution in [2.45, 2.75) is 53.7 Å². The molecule has 0 saturated heterocycles. The highest BCUT2D eigenvalue weighted by Crippen LogP contribution is 2.64. The Kier molecular flexibility index (Phi) is 3.00. The lowest BCUT2D eigenvalue weighted by atomic mass is 10.0. The Bertz CT molecular complexity index is 437. The number of nitrogens with two attached hydrogens (primary N) is 1. The minimum absolute atomic E-state index is 0.101. The number of aromatic nitrogens is 1. The molecule has 1 fully saturated rings. The van der Waals surface area contributed by atoms with Crippen LogP contribution in [0.25, 0.3) is 0 Å². The second kappa shape index (κ2) is 4.02. The molecule has 5 heteroatoms. The van der Waals surface area contributed by atoms with Gasteiger partial charge in [-0.3, -0.25) is 0 Å².